The second kappa shape index (κ2) is 4.09. The van der Waals surface area contributed by atoms with E-state index < -0.39 is 0 Å². The summed E-state index contributed by atoms with van der Waals surface area (Å²) in [4.78, 5) is 6.13. The van der Waals surface area contributed by atoms with E-state index >= 15 is 0 Å². The summed E-state index contributed by atoms with van der Waals surface area (Å²) >= 11 is 0. The molecule has 0 fully saturated rings. The van der Waals surface area contributed by atoms with Gasteiger partial charge in [-0.3, -0.25) is 4.99 Å². The molecular weight excluding hydrogens is 124 g/mol. The Kier molecular flexibility index (Phi) is 3.77. The van der Waals surface area contributed by atoms with Crippen LogP contribution >= 0.6 is 0 Å². The van der Waals surface area contributed by atoms with Crippen LogP contribution in [0.5, 0.6) is 0 Å². The minimum absolute atomic E-state index is 0.943. The smallest absolute Gasteiger partial charge is 0.0995 e. The molecule has 0 radical (unpaired) electrons. The van der Waals surface area contributed by atoms with E-state index in [1.54, 1.807) is 7.05 Å². The fraction of sp³-hybridized carbons (Fsp3) is 0.625. The highest BCUT2D eigenvalue weighted by Gasteiger charge is 2.01. The molecule has 10 heavy (non-hydrogen) atoms. The number of hydrogen-bond acceptors (Lipinski definition) is 1. The van der Waals surface area contributed by atoms with Crippen LogP contribution in [0.15, 0.2) is 17.3 Å². The fourth-order valence-electron chi connectivity index (χ4n) is 0.896. The van der Waals surface area contributed by atoms with Crippen LogP contribution in [0.2, 0.25) is 0 Å². The van der Waals surface area contributed by atoms with Gasteiger partial charge in [-0.05, 0) is 20.8 Å². The number of amidine groups is 1. The Hall–Kier alpha value is -0.790. The summed E-state index contributed by atoms with van der Waals surface area (Å²) in [5.41, 5.74) is 1.05. The number of nitrogens with zero attached hydrogens (tertiary/aromatic N) is 2. The summed E-state index contributed by atoms with van der Waals surface area (Å²) in [5.74, 6) is 1.02. The third-order valence-electron chi connectivity index (χ3n) is 1.49. The molecule has 0 heterocycles. The maximum absolute atomic E-state index is 4.06. The molecule has 0 rings (SSSR count). The van der Waals surface area contributed by atoms with Crippen LogP contribution in [0.1, 0.15) is 20.8 Å². The Morgan fingerprint density at radius 2 is 2.00 bits per heavy atom. The molecule has 0 amide bonds. The van der Waals surface area contributed by atoms with Crippen LogP contribution in [0, 0.1) is 0 Å². The molecule has 0 spiro atoms. The van der Waals surface area contributed by atoms with Crippen LogP contribution in [0.3, 0.4) is 0 Å². The van der Waals surface area contributed by atoms with E-state index in [0.717, 1.165) is 18.1 Å². The molecule has 0 aromatic rings. The Bertz CT molecular complexity index is 147. The lowest BCUT2D eigenvalue weighted by atomic mass is 10.4. The van der Waals surface area contributed by atoms with E-state index in [0.29, 0.717) is 0 Å². The van der Waals surface area contributed by atoms with Crippen LogP contribution < -0.4 is 0 Å². The van der Waals surface area contributed by atoms with Gasteiger partial charge >= 0.3 is 0 Å². The van der Waals surface area contributed by atoms with Gasteiger partial charge in [-0.2, -0.15) is 0 Å². The van der Waals surface area contributed by atoms with E-state index in [1.165, 1.54) is 0 Å². The van der Waals surface area contributed by atoms with Crippen molar-refractivity contribution in [3.8, 4) is 0 Å². The number of hydrogen-bond donors (Lipinski definition) is 0. The molecule has 2 heteroatoms. The van der Waals surface area contributed by atoms with Gasteiger partial charge < -0.3 is 4.90 Å². The van der Waals surface area contributed by atoms with Crippen molar-refractivity contribution in [3.05, 3.63) is 12.3 Å². The van der Waals surface area contributed by atoms with Crippen molar-refractivity contribution in [2.24, 2.45) is 4.99 Å². The summed E-state index contributed by atoms with van der Waals surface area (Å²) in [6.07, 6.45) is 0. The highest BCUT2D eigenvalue weighted by atomic mass is 15.2. The molecule has 0 aromatic heterocycles. The summed E-state index contributed by atoms with van der Waals surface area (Å²) in [6.45, 7) is 10.8. The van der Waals surface area contributed by atoms with Crippen LogP contribution in [0.4, 0.5) is 0 Å². The Balaban J connectivity index is 4.21. The van der Waals surface area contributed by atoms with Crippen molar-refractivity contribution in [1.29, 1.82) is 0 Å². The lowest BCUT2D eigenvalue weighted by Gasteiger charge is -2.21. The Morgan fingerprint density at radius 3 is 2.10 bits per heavy atom. The molecule has 0 aliphatic rings. The number of rotatable bonds is 2. The number of aliphatic imine (C=N–C) groups is 1. The molecule has 0 N–H and O–H groups in total. The molecule has 0 saturated heterocycles. The first-order valence-electron chi connectivity index (χ1n) is 3.49. The summed E-state index contributed by atoms with van der Waals surface area (Å²) in [5, 5.41) is 0. The molecule has 58 valence electrons. The van der Waals surface area contributed by atoms with E-state index in [1.807, 2.05) is 13.8 Å². The summed E-state index contributed by atoms with van der Waals surface area (Å²) in [7, 11) is 1.79. The average molecular weight is 140 g/mol. The zero-order valence-corrected chi connectivity index (χ0v) is 7.31. The van der Waals surface area contributed by atoms with Crippen molar-refractivity contribution >= 4 is 5.84 Å². The minimum Gasteiger partial charge on any atom is -0.335 e. The third kappa shape index (κ3) is 2.21. The SMILES string of the molecule is C=C(C)N(CC)C(C)=NC. The summed E-state index contributed by atoms with van der Waals surface area (Å²) in [6, 6.07) is 0. The first kappa shape index (κ1) is 9.21. The quantitative estimate of drug-likeness (QED) is 0.422. The summed E-state index contributed by atoms with van der Waals surface area (Å²) < 4.78 is 0. The van der Waals surface area contributed by atoms with Crippen LogP contribution in [-0.2, 0) is 0 Å². The topological polar surface area (TPSA) is 15.6 Å². The second-order valence-corrected chi connectivity index (χ2v) is 2.25. The molecule has 0 aliphatic carbocycles. The Morgan fingerprint density at radius 1 is 1.50 bits per heavy atom. The highest BCUT2D eigenvalue weighted by Crippen LogP contribution is 2.00. The number of allylic oxidation sites excluding steroid dienone is 1. The zero-order valence-electron chi connectivity index (χ0n) is 7.31. The average Bonchev–Trinajstić information content (AvgIpc) is 1.88. The molecular formula is C8H16N2. The van der Waals surface area contributed by atoms with Gasteiger partial charge in [-0.15, -0.1) is 0 Å². The highest BCUT2D eigenvalue weighted by molar-refractivity contribution is 5.81. The van der Waals surface area contributed by atoms with E-state index in [9.17, 15) is 0 Å². The van der Waals surface area contributed by atoms with Crippen LogP contribution in [0.25, 0.3) is 0 Å². The Labute approximate surface area is 63.3 Å². The van der Waals surface area contributed by atoms with Gasteiger partial charge in [0.15, 0.2) is 0 Å². The molecule has 2 nitrogen and oxygen atoms in total. The zero-order chi connectivity index (χ0) is 8.15. The first-order valence-corrected chi connectivity index (χ1v) is 3.49. The van der Waals surface area contributed by atoms with E-state index in [-0.39, 0.29) is 0 Å². The van der Waals surface area contributed by atoms with Crippen molar-refractivity contribution < 1.29 is 0 Å². The molecule has 0 atom stereocenters. The predicted molar refractivity (Wildman–Crippen MR) is 46.2 cm³/mol. The van der Waals surface area contributed by atoms with E-state index in [2.05, 4.69) is 23.4 Å². The molecule has 0 saturated carbocycles. The van der Waals surface area contributed by atoms with Crippen molar-refractivity contribution in [2.45, 2.75) is 20.8 Å². The predicted octanol–water partition coefficient (Wildman–Crippen LogP) is 1.89. The third-order valence-corrected chi connectivity index (χ3v) is 1.49. The van der Waals surface area contributed by atoms with Crippen molar-refractivity contribution in [3.63, 3.8) is 0 Å². The van der Waals surface area contributed by atoms with Crippen LogP contribution in [-0.4, -0.2) is 24.3 Å². The standard InChI is InChI=1S/C8H16N2/c1-6-10(7(2)3)8(4)9-5/h2,6H2,1,3-5H3. The largest absolute Gasteiger partial charge is 0.335 e. The molecule has 0 bridgehead atoms. The van der Waals surface area contributed by atoms with Crippen molar-refractivity contribution in [1.82, 2.24) is 4.90 Å². The maximum Gasteiger partial charge on any atom is 0.0995 e. The van der Waals surface area contributed by atoms with Gasteiger partial charge in [0.1, 0.15) is 0 Å². The van der Waals surface area contributed by atoms with Crippen molar-refractivity contribution in [2.75, 3.05) is 13.6 Å². The van der Waals surface area contributed by atoms with Gasteiger partial charge in [0, 0.05) is 19.3 Å². The molecule has 0 unspecified atom stereocenters. The molecule has 0 aromatic carbocycles. The minimum atomic E-state index is 0.943. The van der Waals surface area contributed by atoms with Gasteiger partial charge in [-0.25, -0.2) is 0 Å². The lowest BCUT2D eigenvalue weighted by molar-refractivity contribution is 0.541. The van der Waals surface area contributed by atoms with E-state index in [4.69, 9.17) is 0 Å². The lowest BCUT2D eigenvalue weighted by Crippen LogP contribution is -2.25. The van der Waals surface area contributed by atoms with Gasteiger partial charge in [0.2, 0.25) is 0 Å². The normalized spacial score (nSPS) is 11.4. The maximum atomic E-state index is 4.06. The second-order valence-electron chi connectivity index (χ2n) is 2.25. The first-order chi connectivity index (χ1) is 4.63. The van der Waals surface area contributed by atoms with Gasteiger partial charge in [-0.1, -0.05) is 6.58 Å². The fourth-order valence-corrected chi connectivity index (χ4v) is 0.896. The van der Waals surface area contributed by atoms with Gasteiger partial charge in [0.05, 0.1) is 5.84 Å². The molecule has 0 aliphatic heterocycles. The monoisotopic (exact) mass is 140 g/mol. The van der Waals surface area contributed by atoms with Gasteiger partial charge in [0.25, 0.3) is 0 Å².